The fourth-order valence-electron chi connectivity index (χ4n) is 3.29. The zero-order valence-electron chi connectivity index (χ0n) is 18.8. The van der Waals surface area contributed by atoms with Crippen molar-refractivity contribution in [1.29, 1.82) is 0 Å². The highest BCUT2D eigenvalue weighted by atomic mass is 32.1. The van der Waals surface area contributed by atoms with Crippen LogP contribution in [0, 0.1) is 0 Å². The molecule has 7 nitrogen and oxygen atoms in total. The first kappa shape index (κ1) is 24.5. The number of ether oxygens (including phenoxy) is 2. The Morgan fingerprint density at radius 3 is 1.97 bits per heavy atom. The largest absolute Gasteiger partial charge is 0.493 e. The lowest BCUT2D eigenvalue weighted by atomic mass is 9.91. The van der Waals surface area contributed by atoms with E-state index in [0.29, 0.717) is 11.5 Å². The van der Waals surface area contributed by atoms with Crippen LogP contribution in [0.25, 0.3) is 6.08 Å². The number of benzene rings is 3. The second-order valence-corrected chi connectivity index (χ2v) is 7.54. The summed E-state index contributed by atoms with van der Waals surface area (Å²) >= 11 is 5.14. The SMILES string of the molecule is COc1ccc(/C=C/C(=O)NC(=S)NNC(=O)C(c2ccccc2)c2ccccc2)cc1OC. The van der Waals surface area contributed by atoms with Gasteiger partial charge in [-0.3, -0.25) is 25.8 Å². The summed E-state index contributed by atoms with van der Waals surface area (Å²) in [5.41, 5.74) is 7.59. The van der Waals surface area contributed by atoms with Crippen LogP contribution in [0.15, 0.2) is 84.9 Å². The number of carbonyl (C=O) groups excluding carboxylic acids is 2. The van der Waals surface area contributed by atoms with Crippen LogP contribution in [0.3, 0.4) is 0 Å². The molecule has 3 N–H and O–H groups in total. The van der Waals surface area contributed by atoms with Gasteiger partial charge in [-0.15, -0.1) is 0 Å². The van der Waals surface area contributed by atoms with E-state index in [1.54, 1.807) is 31.4 Å². The van der Waals surface area contributed by atoms with Crippen molar-refractivity contribution in [2.75, 3.05) is 14.2 Å². The predicted molar refractivity (Wildman–Crippen MR) is 135 cm³/mol. The Morgan fingerprint density at radius 1 is 0.824 bits per heavy atom. The Labute approximate surface area is 203 Å². The molecule has 0 atom stereocenters. The van der Waals surface area contributed by atoms with Crippen LogP contribution in [-0.4, -0.2) is 31.1 Å². The summed E-state index contributed by atoms with van der Waals surface area (Å²) in [6.45, 7) is 0. The van der Waals surface area contributed by atoms with Crippen LogP contribution >= 0.6 is 12.2 Å². The maximum absolute atomic E-state index is 13.0. The molecular weight excluding hydrogens is 450 g/mol. The average molecular weight is 476 g/mol. The molecule has 3 aromatic carbocycles. The Morgan fingerprint density at radius 2 is 1.41 bits per heavy atom. The molecule has 0 aromatic heterocycles. The zero-order valence-corrected chi connectivity index (χ0v) is 19.6. The number of rotatable bonds is 7. The highest BCUT2D eigenvalue weighted by Crippen LogP contribution is 2.28. The van der Waals surface area contributed by atoms with Gasteiger partial charge in [-0.2, -0.15) is 0 Å². The van der Waals surface area contributed by atoms with Gasteiger partial charge in [-0.1, -0.05) is 66.7 Å². The predicted octanol–water partition coefficient (Wildman–Crippen LogP) is 3.57. The zero-order chi connectivity index (χ0) is 24.3. The molecule has 0 aliphatic heterocycles. The van der Waals surface area contributed by atoms with Gasteiger partial charge in [0.2, 0.25) is 11.8 Å². The molecule has 0 saturated heterocycles. The topological polar surface area (TPSA) is 88.7 Å². The van der Waals surface area contributed by atoms with Crippen molar-refractivity contribution in [2.24, 2.45) is 0 Å². The first-order valence-electron chi connectivity index (χ1n) is 10.4. The summed E-state index contributed by atoms with van der Waals surface area (Å²) in [5.74, 6) is -0.164. The van der Waals surface area contributed by atoms with Crippen molar-refractivity contribution in [1.82, 2.24) is 16.2 Å². The third-order valence-electron chi connectivity index (χ3n) is 4.90. The fourth-order valence-corrected chi connectivity index (χ4v) is 3.44. The van der Waals surface area contributed by atoms with Gasteiger partial charge in [0.25, 0.3) is 0 Å². The molecule has 0 fully saturated rings. The van der Waals surface area contributed by atoms with Gasteiger partial charge in [0.05, 0.1) is 20.1 Å². The molecule has 8 heteroatoms. The lowest BCUT2D eigenvalue weighted by Gasteiger charge is -2.18. The van der Waals surface area contributed by atoms with Crippen molar-refractivity contribution in [3.05, 3.63) is 102 Å². The summed E-state index contributed by atoms with van der Waals surface area (Å²) in [6.07, 6.45) is 2.94. The van der Waals surface area contributed by atoms with Gasteiger partial charge < -0.3 is 9.47 Å². The van der Waals surface area contributed by atoms with Gasteiger partial charge in [-0.05, 0) is 47.1 Å². The number of thiocarbonyl (C=S) groups is 1. The van der Waals surface area contributed by atoms with Crippen molar-refractivity contribution >= 4 is 35.2 Å². The Hall–Kier alpha value is -4.17. The summed E-state index contributed by atoms with van der Waals surface area (Å²) < 4.78 is 10.5. The quantitative estimate of drug-likeness (QED) is 0.275. The van der Waals surface area contributed by atoms with E-state index in [0.717, 1.165) is 16.7 Å². The average Bonchev–Trinajstić information content (AvgIpc) is 2.87. The minimum Gasteiger partial charge on any atom is -0.493 e. The van der Waals surface area contributed by atoms with E-state index < -0.39 is 11.8 Å². The number of hydrazine groups is 1. The number of hydrogen-bond donors (Lipinski definition) is 3. The number of amides is 2. The molecule has 0 radical (unpaired) electrons. The second kappa shape index (κ2) is 12.2. The van der Waals surface area contributed by atoms with Crippen LogP contribution < -0.4 is 25.6 Å². The van der Waals surface area contributed by atoms with Gasteiger partial charge in [0.1, 0.15) is 0 Å². The first-order valence-corrected chi connectivity index (χ1v) is 10.8. The Bertz CT molecular complexity index is 1130. The van der Waals surface area contributed by atoms with E-state index in [2.05, 4.69) is 16.2 Å². The van der Waals surface area contributed by atoms with E-state index in [-0.39, 0.29) is 11.0 Å². The van der Waals surface area contributed by atoms with E-state index in [4.69, 9.17) is 21.7 Å². The molecule has 0 spiro atoms. The second-order valence-electron chi connectivity index (χ2n) is 7.13. The van der Waals surface area contributed by atoms with Gasteiger partial charge in [0, 0.05) is 6.08 Å². The van der Waals surface area contributed by atoms with Crippen molar-refractivity contribution in [3.63, 3.8) is 0 Å². The molecule has 0 heterocycles. The van der Waals surface area contributed by atoms with Crippen molar-refractivity contribution in [2.45, 2.75) is 5.92 Å². The number of nitrogens with one attached hydrogen (secondary N) is 3. The summed E-state index contributed by atoms with van der Waals surface area (Å²) in [7, 11) is 3.09. The molecule has 3 rings (SSSR count). The van der Waals surface area contributed by atoms with Crippen molar-refractivity contribution in [3.8, 4) is 11.5 Å². The van der Waals surface area contributed by atoms with Gasteiger partial charge in [-0.25, -0.2) is 0 Å². The molecule has 0 aliphatic rings. The molecule has 174 valence electrons. The normalized spacial score (nSPS) is 10.6. The molecule has 0 unspecified atom stereocenters. The van der Waals surface area contributed by atoms with Crippen LogP contribution in [0.5, 0.6) is 11.5 Å². The van der Waals surface area contributed by atoms with Crippen LogP contribution in [0.2, 0.25) is 0 Å². The molecular formula is C26H25N3O4S. The molecule has 0 saturated carbocycles. The van der Waals surface area contributed by atoms with E-state index in [1.165, 1.54) is 13.2 Å². The van der Waals surface area contributed by atoms with Gasteiger partial charge in [0.15, 0.2) is 16.6 Å². The van der Waals surface area contributed by atoms with Crippen LogP contribution in [0.4, 0.5) is 0 Å². The lowest BCUT2D eigenvalue weighted by Crippen LogP contribution is -2.49. The fraction of sp³-hybridized carbons (Fsp3) is 0.115. The smallest absolute Gasteiger partial charge is 0.250 e. The monoisotopic (exact) mass is 475 g/mol. The summed E-state index contributed by atoms with van der Waals surface area (Å²) in [5, 5.41) is 2.47. The number of methoxy groups -OCH3 is 2. The molecule has 2 amide bonds. The van der Waals surface area contributed by atoms with Gasteiger partial charge >= 0.3 is 0 Å². The minimum absolute atomic E-state index is 0.0322. The maximum Gasteiger partial charge on any atom is 0.250 e. The molecule has 34 heavy (non-hydrogen) atoms. The number of carbonyl (C=O) groups is 2. The Balaban J connectivity index is 1.58. The minimum atomic E-state index is -0.543. The van der Waals surface area contributed by atoms with E-state index in [9.17, 15) is 9.59 Å². The number of hydrogen-bond acceptors (Lipinski definition) is 5. The van der Waals surface area contributed by atoms with Crippen LogP contribution in [-0.2, 0) is 9.59 Å². The molecule has 0 aliphatic carbocycles. The Kier molecular flexibility index (Phi) is 8.76. The third kappa shape index (κ3) is 6.66. The van der Waals surface area contributed by atoms with Crippen molar-refractivity contribution < 1.29 is 19.1 Å². The molecule has 0 bridgehead atoms. The summed E-state index contributed by atoms with van der Waals surface area (Å²) in [4.78, 5) is 25.2. The molecule has 3 aromatic rings. The third-order valence-corrected chi connectivity index (χ3v) is 5.10. The highest BCUT2D eigenvalue weighted by Gasteiger charge is 2.22. The van der Waals surface area contributed by atoms with Crippen LogP contribution in [0.1, 0.15) is 22.6 Å². The van der Waals surface area contributed by atoms with E-state index in [1.807, 2.05) is 60.7 Å². The first-order chi connectivity index (χ1) is 16.5. The summed E-state index contributed by atoms with van der Waals surface area (Å²) in [6, 6.07) is 24.1. The highest BCUT2D eigenvalue weighted by molar-refractivity contribution is 7.80. The standard InChI is InChI=1S/C26H25N3O4S/c1-32-21-15-13-18(17-22(21)33-2)14-16-23(30)27-26(34)29-28-25(31)24(19-9-5-3-6-10-19)20-11-7-4-8-12-20/h3-17,24H,1-2H3,(H,28,31)(H2,27,29,30,34)/b16-14+. The maximum atomic E-state index is 13.0. The lowest BCUT2D eigenvalue weighted by molar-refractivity contribution is -0.122. The van der Waals surface area contributed by atoms with E-state index >= 15 is 0 Å².